The Morgan fingerprint density at radius 1 is 1.53 bits per heavy atom. The second-order valence-corrected chi connectivity index (χ2v) is 5.26. The molecular weight excluding hydrogens is 246 g/mol. The van der Waals surface area contributed by atoms with Crippen molar-refractivity contribution in [2.45, 2.75) is 26.7 Å². The molecular formula is C13H19N3O3. The highest BCUT2D eigenvalue weighted by Crippen LogP contribution is 2.30. The molecule has 0 saturated carbocycles. The van der Waals surface area contributed by atoms with Crippen molar-refractivity contribution in [2.75, 3.05) is 25.1 Å². The molecule has 0 unspecified atom stereocenters. The van der Waals surface area contributed by atoms with Gasteiger partial charge in [0.1, 0.15) is 17.2 Å². The molecule has 19 heavy (non-hydrogen) atoms. The largest absolute Gasteiger partial charge is 0.477 e. The average molecular weight is 265 g/mol. The van der Waals surface area contributed by atoms with E-state index in [9.17, 15) is 4.79 Å². The van der Waals surface area contributed by atoms with Gasteiger partial charge in [-0.1, -0.05) is 6.92 Å². The maximum atomic E-state index is 11.1. The van der Waals surface area contributed by atoms with Crippen molar-refractivity contribution >= 4 is 11.8 Å². The van der Waals surface area contributed by atoms with E-state index in [1.54, 1.807) is 6.92 Å². The van der Waals surface area contributed by atoms with E-state index in [4.69, 9.17) is 9.84 Å². The summed E-state index contributed by atoms with van der Waals surface area (Å²) in [6, 6.07) is 0. The van der Waals surface area contributed by atoms with Gasteiger partial charge in [-0.2, -0.15) is 0 Å². The molecule has 6 heteroatoms. The molecule has 1 aliphatic heterocycles. The topological polar surface area (TPSA) is 84.3 Å². The van der Waals surface area contributed by atoms with Crippen LogP contribution in [0.1, 0.15) is 35.9 Å². The third-order valence-electron chi connectivity index (χ3n) is 3.52. The predicted molar refractivity (Wildman–Crippen MR) is 70.4 cm³/mol. The number of ether oxygens (including phenoxy) is 1. The van der Waals surface area contributed by atoms with Crippen LogP contribution in [0.5, 0.6) is 0 Å². The monoisotopic (exact) mass is 265 g/mol. The summed E-state index contributed by atoms with van der Waals surface area (Å²) < 4.78 is 5.35. The van der Waals surface area contributed by atoms with E-state index in [0.29, 0.717) is 18.2 Å². The Morgan fingerprint density at radius 3 is 2.84 bits per heavy atom. The van der Waals surface area contributed by atoms with Crippen LogP contribution in [0.25, 0.3) is 0 Å². The number of aromatic nitrogens is 2. The van der Waals surface area contributed by atoms with Crippen LogP contribution < -0.4 is 5.32 Å². The second-order valence-electron chi connectivity index (χ2n) is 5.26. The van der Waals surface area contributed by atoms with Gasteiger partial charge in [0.2, 0.25) is 0 Å². The third-order valence-corrected chi connectivity index (χ3v) is 3.52. The number of rotatable bonds is 4. The maximum absolute atomic E-state index is 11.1. The molecule has 0 aliphatic carbocycles. The molecule has 0 bridgehead atoms. The minimum Gasteiger partial charge on any atom is -0.477 e. The molecule has 0 atom stereocenters. The first-order valence-electron chi connectivity index (χ1n) is 6.39. The minimum absolute atomic E-state index is 0.112. The van der Waals surface area contributed by atoms with E-state index in [-0.39, 0.29) is 11.0 Å². The number of aromatic carboxylic acids is 1. The molecule has 0 aromatic carbocycles. The molecule has 104 valence electrons. The van der Waals surface area contributed by atoms with Crippen molar-refractivity contribution in [3.63, 3.8) is 0 Å². The lowest BCUT2D eigenvalue weighted by Crippen LogP contribution is -2.33. The van der Waals surface area contributed by atoms with Crippen LogP contribution >= 0.6 is 0 Å². The van der Waals surface area contributed by atoms with Crippen molar-refractivity contribution in [3.8, 4) is 0 Å². The number of nitrogens with one attached hydrogen (secondary N) is 1. The van der Waals surface area contributed by atoms with Gasteiger partial charge in [-0.05, 0) is 25.2 Å². The number of carbonyl (C=O) groups is 1. The Balaban J connectivity index is 2.10. The summed E-state index contributed by atoms with van der Waals surface area (Å²) in [4.78, 5) is 19.2. The van der Waals surface area contributed by atoms with Crippen molar-refractivity contribution in [1.29, 1.82) is 0 Å². The third kappa shape index (κ3) is 3.41. The molecule has 1 aromatic heterocycles. The van der Waals surface area contributed by atoms with Crippen molar-refractivity contribution in [1.82, 2.24) is 9.97 Å². The van der Waals surface area contributed by atoms with E-state index in [1.807, 2.05) is 0 Å². The second kappa shape index (κ2) is 5.52. The van der Waals surface area contributed by atoms with Gasteiger partial charge in [0.25, 0.3) is 0 Å². The summed E-state index contributed by atoms with van der Waals surface area (Å²) in [5.74, 6) is -0.0584. The van der Waals surface area contributed by atoms with Crippen LogP contribution in [0.15, 0.2) is 6.20 Å². The Kier molecular flexibility index (Phi) is 3.99. The summed E-state index contributed by atoms with van der Waals surface area (Å²) in [7, 11) is 0. The SMILES string of the molecule is Cc1ncc(C(=O)O)c(NCC2(C)CCOCC2)n1. The fraction of sp³-hybridized carbons (Fsp3) is 0.615. The lowest BCUT2D eigenvalue weighted by molar-refractivity contribution is 0.0299. The lowest BCUT2D eigenvalue weighted by Gasteiger charge is -2.33. The van der Waals surface area contributed by atoms with E-state index in [0.717, 1.165) is 26.1 Å². The van der Waals surface area contributed by atoms with Crippen molar-refractivity contribution < 1.29 is 14.6 Å². The number of carboxylic acid groups (broad SMARTS) is 1. The van der Waals surface area contributed by atoms with Gasteiger partial charge in [0, 0.05) is 26.0 Å². The van der Waals surface area contributed by atoms with Gasteiger partial charge in [-0.15, -0.1) is 0 Å². The molecule has 1 aromatic rings. The first-order valence-corrected chi connectivity index (χ1v) is 6.39. The Bertz CT molecular complexity index is 470. The summed E-state index contributed by atoms with van der Waals surface area (Å²) in [5.41, 5.74) is 0.230. The zero-order valence-corrected chi connectivity index (χ0v) is 11.3. The molecule has 2 heterocycles. The Labute approximate surface area is 112 Å². The highest BCUT2D eigenvalue weighted by Gasteiger charge is 2.27. The standard InChI is InChI=1S/C13H19N3O3/c1-9-14-7-10(12(17)18)11(16-9)15-8-13(2)3-5-19-6-4-13/h7H,3-6,8H2,1-2H3,(H,17,18)(H,14,15,16). The van der Waals surface area contributed by atoms with Crippen LogP contribution in [0.4, 0.5) is 5.82 Å². The molecule has 1 aliphatic rings. The molecule has 1 fully saturated rings. The summed E-state index contributed by atoms with van der Waals surface area (Å²) >= 11 is 0. The summed E-state index contributed by atoms with van der Waals surface area (Å²) in [5, 5.41) is 12.3. The van der Waals surface area contributed by atoms with Gasteiger partial charge < -0.3 is 15.2 Å². The molecule has 2 rings (SSSR count). The Hall–Kier alpha value is -1.69. The normalized spacial score (nSPS) is 18.0. The number of aryl methyl sites for hydroxylation is 1. The highest BCUT2D eigenvalue weighted by atomic mass is 16.5. The van der Waals surface area contributed by atoms with Crippen molar-refractivity contribution in [3.05, 3.63) is 17.6 Å². The smallest absolute Gasteiger partial charge is 0.341 e. The number of hydrogen-bond donors (Lipinski definition) is 2. The minimum atomic E-state index is -1.01. The fourth-order valence-electron chi connectivity index (χ4n) is 2.10. The van der Waals surface area contributed by atoms with Gasteiger partial charge >= 0.3 is 5.97 Å². The van der Waals surface area contributed by atoms with E-state index >= 15 is 0 Å². The van der Waals surface area contributed by atoms with Gasteiger partial charge in [-0.25, -0.2) is 14.8 Å². The van der Waals surface area contributed by atoms with E-state index < -0.39 is 5.97 Å². The van der Waals surface area contributed by atoms with Crippen LogP contribution in [0, 0.1) is 12.3 Å². The van der Waals surface area contributed by atoms with Crippen LogP contribution in [0.2, 0.25) is 0 Å². The zero-order chi connectivity index (χ0) is 13.9. The number of carboxylic acids is 1. The van der Waals surface area contributed by atoms with Gasteiger partial charge in [0.15, 0.2) is 0 Å². The van der Waals surface area contributed by atoms with Crippen LogP contribution in [-0.2, 0) is 4.74 Å². The lowest BCUT2D eigenvalue weighted by atomic mass is 9.82. The molecule has 6 nitrogen and oxygen atoms in total. The summed E-state index contributed by atoms with van der Waals surface area (Å²) in [6.07, 6.45) is 3.28. The number of nitrogens with zero attached hydrogens (tertiary/aromatic N) is 2. The van der Waals surface area contributed by atoms with E-state index in [1.165, 1.54) is 6.20 Å². The highest BCUT2D eigenvalue weighted by molar-refractivity contribution is 5.92. The number of anilines is 1. The molecule has 1 saturated heterocycles. The van der Waals surface area contributed by atoms with Gasteiger partial charge in [-0.3, -0.25) is 0 Å². The molecule has 0 spiro atoms. The molecule has 0 radical (unpaired) electrons. The van der Waals surface area contributed by atoms with Gasteiger partial charge in [0.05, 0.1) is 0 Å². The van der Waals surface area contributed by atoms with Crippen LogP contribution in [-0.4, -0.2) is 40.8 Å². The van der Waals surface area contributed by atoms with Crippen LogP contribution in [0.3, 0.4) is 0 Å². The Morgan fingerprint density at radius 2 is 2.21 bits per heavy atom. The predicted octanol–water partition coefficient (Wildman–Crippen LogP) is 1.71. The molecule has 0 amide bonds. The maximum Gasteiger partial charge on any atom is 0.341 e. The zero-order valence-electron chi connectivity index (χ0n) is 11.3. The number of hydrogen-bond acceptors (Lipinski definition) is 5. The first-order chi connectivity index (χ1) is 9.00. The quantitative estimate of drug-likeness (QED) is 0.862. The average Bonchev–Trinajstić information content (AvgIpc) is 2.37. The first kappa shape index (κ1) is 13.7. The molecule has 2 N–H and O–H groups in total. The van der Waals surface area contributed by atoms with E-state index in [2.05, 4.69) is 22.2 Å². The van der Waals surface area contributed by atoms with Crippen molar-refractivity contribution in [2.24, 2.45) is 5.41 Å². The summed E-state index contributed by atoms with van der Waals surface area (Å²) in [6.45, 7) is 6.12. The fourth-order valence-corrected chi connectivity index (χ4v) is 2.10.